The zero-order valence-corrected chi connectivity index (χ0v) is 16.0. The summed E-state index contributed by atoms with van der Waals surface area (Å²) in [5.41, 5.74) is 2.45. The minimum atomic E-state index is -0.356. The molecule has 1 heterocycles. The van der Waals surface area contributed by atoms with E-state index >= 15 is 0 Å². The molecule has 1 fully saturated rings. The largest absolute Gasteiger partial charge is 0.372 e. The molecule has 28 heavy (non-hydrogen) atoms. The molecule has 3 N–H and O–H groups in total. The molecule has 2 amide bonds. The van der Waals surface area contributed by atoms with Crippen LogP contribution in [0.4, 0.5) is 21.5 Å². The van der Waals surface area contributed by atoms with E-state index in [1.54, 1.807) is 7.05 Å². The van der Waals surface area contributed by atoms with Crippen LogP contribution in [0.25, 0.3) is 0 Å². The normalized spacial score (nSPS) is 14.6. The summed E-state index contributed by atoms with van der Waals surface area (Å²) in [6.45, 7) is 2.48. The maximum Gasteiger partial charge on any atom is 0.279 e. The number of benzene rings is 2. The third kappa shape index (κ3) is 5.79. The average Bonchev–Trinajstić information content (AvgIpc) is 3.18. The predicted octanol–water partition coefficient (Wildman–Crippen LogP) is 1.52. The Morgan fingerprint density at radius 1 is 0.893 bits per heavy atom. The first-order valence-corrected chi connectivity index (χ1v) is 9.51. The van der Waals surface area contributed by atoms with Crippen LogP contribution in [0.2, 0.25) is 0 Å². The standard InChI is InChI=1S/C21H25FN4O2/c1-25(14-20(27)23-17-6-4-16(22)5-7-17)15-21(28)24-18-8-10-19(11-9-18)26-12-2-3-13-26/h4-11H,2-3,12-15H2,1H3,(H,23,27)(H,24,28)/p+1. The molecule has 0 bridgehead atoms. The van der Waals surface area contributed by atoms with E-state index < -0.39 is 0 Å². The van der Waals surface area contributed by atoms with Gasteiger partial charge in [-0.2, -0.15) is 0 Å². The van der Waals surface area contributed by atoms with Crippen LogP contribution < -0.4 is 20.4 Å². The summed E-state index contributed by atoms with van der Waals surface area (Å²) in [6, 6.07) is 13.4. The third-order valence-electron chi connectivity index (χ3n) is 4.67. The number of nitrogens with zero attached hydrogens (tertiary/aromatic N) is 1. The summed E-state index contributed by atoms with van der Waals surface area (Å²) in [5, 5.41) is 5.56. The Labute approximate surface area is 164 Å². The average molecular weight is 385 g/mol. The summed E-state index contributed by atoms with van der Waals surface area (Å²) in [5.74, 6) is -0.737. The molecule has 6 nitrogen and oxygen atoms in total. The summed E-state index contributed by atoms with van der Waals surface area (Å²) in [6.07, 6.45) is 2.45. The molecule has 0 aliphatic carbocycles. The zero-order valence-electron chi connectivity index (χ0n) is 16.0. The van der Waals surface area contributed by atoms with Crippen molar-refractivity contribution in [1.82, 2.24) is 0 Å². The lowest BCUT2D eigenvalue weighted by molar-refractivity contribution is -0.862. The highest BCUT2D eigenvalue weighted by Gasteiger charge is 2.15. The molecule has 0 radical (unpaired) electrons. The molecule has 7 heteroatoms. The van der Waals surface area contributed by atoms with Gasteiger partial charge in [0.25, 0.3) is 11.8 Å². The molecule has 1 atom stereocenters. The van der Waals surface area contributed by atoms with Crippen LogP contribution in [0.3, 0.4) is 0 Å². The van der Waals surface area contributed by atoms with Crippen LogP contribution in [0.15, 0.2) is 48.5 Å². The molecule has 2 aromatic rings. The number of anilines is 3. The van der Waals surface area contributed by atoms with Gasteiger partial charge in [-0.05, 0) is 61.4 Å². The quantitative estimate of drug-likeness (QED) is 0.677. The first kappa shape index (κ1) is 19.8. The minimum absolute atomic E-state index is 0.138. The topological polar surface area (TPSA) is 65.9 Å². The maximum absolute atomic E-state index is 12.9. The summed E-state index contributed by atoms with van der Waals surface area (Å²) in [4.78, 5) is 27.4. The van der Waals surface area contributed by atoms with Gasteiger partial charge in [0.15, 0.2) is 13.1 Å². The lowest BCUT2D eigenvalue weighted by Gasteiger charge is -2.18. The lowest BCUT2D eigenvalue weighted by atomic mass is 10.2. The van der Waals surface area contributed by atoms with Gasteiger partial charge in [-0.15, -0.1) is 0 Å². The van der Waals surface area contributed by atoms with Crippen molar-refractivity contribution >= 4 is 28.9 Å². The Balaban J connectivity index is 1.43. The molecule has 3 rings (SSSR count). The Morgan fingerprint density at radius 2 is 1.36 bits per heavy atom. The number of carbonyl (C=O) groups excluding carboxylic acids is 2. The molecule has 1 aliphatic heterocycles. The molecule has 0 aromatic heterocycles. The van der Waals surface area contributed by atoms with E-state index in [1.807, 2.05) is 24.3 Å². The van der Waals surface area contributed by atoms with E-state index in [4.69, 9.17) is 0 Å². The third-order valence-corrected chi connectivity index (χ3v) is 4.67. The Hall–Kier alpha value is -2.93. The van der Waals surface area contributed by atoms with Crippen LogP contribution in [-0.2, 0) is 9.59 Å². The molecule has 1 unspecified atom stereocenters. The van der Waals surface area contributed by atoms with E-state index in [0.717, 1.165) is 23.7 Å². The Morgan fingerprint density at radius 3 is 1.86 bits per heavy atom. The summed E-state index contributed by atoms with van der Waals surface area (Å²) in [7, 11) is 1.78. The van der Waals surface area contributed by atoms with Gasteiger partial charge in [0, 0.05) is 30.2 Å². The molecule has 1 aliphatic rings. The number of amides is 2. The van der Waals surface area contributed by atoms with Crippen molar-refractivity contribution in [2.24, 2.45) is 0 Å². The van der Waals surface area contributed by atoms with Crippen molar-refractivity contribution in [2.75, 3.05) is 48.8 Å². The second-order valence-electron chi connectivity index (χ2n) is 7.15. The zero-order chi connectivity index (χ0) is 19.9. The fourth-order valence-corrected chi connectivity index (χ4v) is 3.29. The molecule has 2 aromatic carbocycles. The molecular weight excluding hydrogens is 359 g/mol. The number of carbonyl (C=O) groups is 2. The van der Waals surface area contributed by atoms with Crippen molar-refractivity contribution in [3.8, 4) is 0 Å². The van der Waals surface area contributed by atoms with E-state index in [9.17, 15) is 14.0 Å². The van der Waals surface area contributed by atoms with Crippen LogP contribution in [-0.4, -0.2) is 45.0 Å². The number of likely N-dealkylation sites (N-methyl/N-ethyl adjacent to an activating group) is 1. The van der Waals surface area contributed by atoms with Crippen LogP contribution in [0.5, 0.6) is 0 Å². The van der Waals surface area contributed by atoms with Crippen molar-refractivity contribution in [1.29, 1.82) is 0 Å². The highest BCUT2D eigenvalue weighted by molar-refractivity contribution is 5.93. The van der Waals surface area contributed by atoms with Crippen molar-refractivity contribution in [2.45, 2.75) is 12.8 Å². The van der Waals surface area contributed by atoms with Gasteiger partial charge in [-0.3, -0.25) is 9.59 Å². The van der Waals surface area contributed by atoms with Gasteiger partial charge < -0.3 is 20.4 Å². The second kappa shape index (κ2) is 9.32. The number of hydrogen-bond acceptors (Lipinski definition) is 3. The highest BCUT2D eigenvalue weighted by atomic mass is 19.1. The van der Waals surface area contributed by atoms with Gasteiger partial charge in [0.1, 0.15) is 5.82 Å². The van der Waals surface area contributed by atoms with Crippen molar-refractivity contribution in [3.63, 3.8) is 0 Å². The minimum Gasteiger partial charge on any atom is -0.372 e. The van der Waals surface area contributed by atoms with Crippen LogP contribution >= 0.6 is 0 Å². The van der Waals surface area contributed by atoms with Crippen LogP contribution in [0, 0.1) is 5.82 Å². The highest BCUT2D eigenvalue weighted by Crippen LogP contribution is 2.21. The van der Waals surface area contributed by atoms with Gasteiger partial charge in [-0.1, -0.05) is 0 Å². The van der Waals surface area contributed by atoms with E-state index in [-0.39, 0.29) is 30.7 Å². The first-order valence-electron chi connectivity index (χ1n) is 9.51. The van der Waals surface area contributed by atoms with E-state index in [2.05, 4.69) is 15.5 Å². The van der Waals surface area contributed by atoms with Gasteiger partial charge >= 0.3 is 0 Å². The van der Waals surface area contributed by atoms with Gasteiger partial charge in [0.05, 0.1) is 7.05 Å². The summed E-state index contributed by atoms with van der Waals surface area (Å²) < 4.78 is 12.9. The Bertz CT molecular complexity index is 802. The van der Waals surface area contributed by atoms with Crippen molar-refractivity contribution in [3.05, 3.63) is 54.3 Å². The number of rotatable bonds is 7. The monoisotopic (exact) mass is 385 g/mol. The molecule has 0 saturated carbocycles. The van der Waals surface area contributed by atoms with E-state index in [0.29, 0.717) is 5.69 Å². The molecule has 148 valence electrons. The Kier molecular flexibility index (Phi) is 6.60. The number of nitrogens with one attached hydrogen (secondary N) is 3. The number of halogens is 1. The molecule has 0 spiro atoms. The molecule has 1 saturated heterocycles. The van der Waals surface area contributed by atoms with Gasteiger partial charge in [0.2, 0.25) is 0 Å². The SMILES string of the molecule is C[NH+](CC(=O)Nc1ccc(F)cc1)CC(=O)Nc1ccc(N2CCCC2)cc1. The first-order chi connectivity index (χ1) is 13.5. The maximum atomic E-state index is 12.9. The number of hydrogen-bond donors (Lipinski definition) is 3. The molecular formula is C21H26FN4O2+. The number of quaternary nitrogens is 1. The fraction of sp³-hybridized carbons (Fsp3) is 0.333. The van der Waals surface area contributed by atoms with Crippen molar-refractivity contribution < 1.29 is 18.9 Å². The lowest BCUT2D eigenvalue weighted by Crippen LogP contribution is -3.11. The van der Waals surface area contributed by atoms with E-state index in [1.165, 1.54) is 42.8 Å². The smallest absolute Gasteiger partial charge is 0.279 e. The summed E-state index contributed by atoms with van der Waals surface area (Å²) >= 11 is 0. The van der Waals surface area contributed by atoms with Gasteiger partial charge in [-0.25, -0.2) is 4.39 Å². The predicted molar refractivity (Wildman–Crippen MR) is 108 cm³/mol. The second-order valence-corrected chi connectivity index (χ2v) is 7.15. The van der Waals surface area contributed by atoms with Crippen LogP contribution in [0.1, 0.15) is 12.8 Å². The fourth-order valence-electron chi connectivity index (χ4n) is 3.29.